The molecule has 4 rings (SSSR count). The number of benzene rings is 1. The van der Waals surface area contributed by atoms with Crippen LogP contribution in [0.5, 0.6) is 0 Å². The van der Waals surface area contributed by atoms with Gasteiger partial charge in [0.2, 0.25) is 4.73 Å². The molecule has 0 atom stereocenters. The number of hydrogen-bond donors (Lipinski definition) is 2. The first-order valence-electron chi connectivity index (χ1n) is 7.65. The Morgan fingerprint density at radius 1 is 1.23 bits per heavy atom. The third kappa shape index (κ3) is 2.68. The molecule has 1 aliphatic rings. The lowest BCUT2D eigenvalue weighted by Crippen LogP contribution is -2.32. The number of nitrogens with one attached hydrogen (secondary N) is 2. The monoisotopic (exact) mass is 359 g/mol. The van der Waals surface area contributed by atoms with Gasteiger partial charge in [0.25, 0.3) is 0 Å². The van der Waals surface area contributed by atoms with Crippen LogP contribution in [0.3, 0.4) is 0 Å². The minimum Gasteiger partial charge on any atom is -0.361 e. The Morgan fingerprint density at radius 3 is 2.82 bits per heavy atom. The van der Waals surface area contributed by atoms with Crippen molar-refractivity contribution in [1.82, 2.24) is 25.1 Å². The first-order chi connectivity index (χ1) is 10.8. The van der Waals surface area contributed by atoms with E-state index in [1.54, 1.807) is 0 Å². The van der Waals surface area contributed by atoms with Crippen LogP contribution < -0.4 is 0 Å². The zero-order chi connectivity index (χ0) is 14.9. The lowest BCUT2D eigenvalue weighted by Gasteiger charge is -2.31. The molecule has 0 amide bonds. The lowest BCUT2D eigenvalue weighted by atomic mass is 9.89. The molecule has 2 N–H and O–H groups in total. The second-order valence-electron chi connectivity index (χ2n) is 5.89. The van der Waals surface area contributed by atoms with E-state index in [4.69, 9.17) is 0 Å². The third-order valence-corrected chi connectivity index (χ3v) is 4.88. The topological polar surface area (TPSA) is 60.6 Å². The van der Waals surface area contributed by atoms with E-state index in [0.29, 0.717) is 10.7 Å². The third-order valence-electron chi connectivity index (χ3n) is 4.53. The highest BCUT2D eigenvalue weighted by molar-refractivity contribution is 9.10. The number of aromatic amines is 2. The van der Waals surface area contributed by atoms with Gasteiger partial charge in [-0.1, -0.05) is 18.2 Å². The van der Waals surface area contributed by atoms with Crippen molar-refractivity contribution in [3.63, 3.8) is 0 Å². The Bertz CT molecular complexity index is 770. The van der Waals surface area contributed by atoms with Crippen molar-refractivity contribution in [2.24, 2.45) is 0 Å². The van der Waals surface area contributed by atoms with Crippen molar-refractivity contribution in [1.29, 1.82) is 0 Å². The molecule has 2 aromatic heterocycles. The molecule has 5 nitrogen and oxygen atoms in total. The molecule has 1 fully saturated rings. The van der Waals surface area contributed by atoms with Crippen molar-refractivity contribution >= 4 is 26.8 Å². The molecule has 0 spiro atoms. The number of nitrogens with zero attached hydrogens (tertiary/aromatic N) is 3. The van der Waals surface area contributed by atoms with E-state index in [2.05, 4.69) is 71.5 Å². The molecule has 0 unspecified atom stereocenters. The molecule has 1 aromatic carbocycles. The van der Waals surface area contributed by atoms with Crippen molar-refractivity contribution < 1.29 is 0 Å². The van der Waals surface area contributed by atoms with Gasteiger partial charge >= 0.3 is 0 Å². The molecule has 0 bridgehead atoms. The van der Waals surface area contributed by atoms with Crippen molar-refractivity contribution in [3.8, 4) is 0 Å². The summed E-state index contributed by atoms with van der Waals surface area (Å²) < 4.78 is 0.635. The van der Waals surface area contributed by atoms with Gasteiger partial charge in [-0.25, -0.2) is 4.98 Å². The van der Waals surface area contributed by atoms with E-state index in [1.807, 2.05) is 0 Å². The molecular formula is C16H18BrN5. The zero-order valence-corrected chi connectivity index (χ0v) is 13.8. The van der Waals surface area contributed by atoms with E-state index in [1.165, 1.54) is 29.3 Å². The fourth-order valence-corrected chi connectivity index (χ4v) is 3.69. The Labute approximate surface area is 137 Å². The molecule has 0 saturated carbocycles. The van der Waals surface area contributed by atoms with Gasteiger partial charge in [-0.3, -0.25) is 10.00 Å². The molecule has 0 aliphatic carbocycles. The summed E-state index contributed by atoms with van der Waals surface area (Å²) >= 11 is 3.28. The van der Waals surface area contributed by atoms with Gasteiger partial charge < -0.3 is 4.98 Å². The van der Waals surface area contributed by atoms with Crippen LogP contribution in [-0.2, 0) is 6.54 Å². The number of hydrogen-bond acceptors (Lipinski definition) is 3. The number of rotatable bonds is 3. The van der Waals surface area contributed by atoms with E-state index in [9.17, 15) is 0 Å². The second-order valence-corrected chi connectivity index (χ2v) is 6.60. The molecule has 1 aliphatic heterocycles. The summed E-state index contributed by atoms with van der Waals surface area (Å²) in [6, 6.07) is 8.58. The molecule has 3 heterocycles. The van der Waals surface area contributed by atoms with Crippen LogP contribution in [0.2, 0.25) is 0 Å². The highest BCUT2D eigenvalue weighted by Crippen LogP contribution is 2.33. The van der Waals surface area contributed by atoms with Crippen LogP contribution in [0.15, 0.2) is 35.2 Å². The van der Waals surface area contributed by atoms with Crippen LogP contribution in [-0.4, -0.2) is 38.2 Å². The fraction of sp³-hybridized carbons (Fsp3) is 0.375. The number of likely N-dealkylation sites (tertiary alicyclic amines) is 1. The van der Waals surface area contributed by atoms with E-state index < -0.39 is 0 Å². The molecule has 0 radical (unpaired) electrons. The molecule has 3 aromatic rings. The Hall–Kier alpha value is -1.66. The molecule has 114 valence electrons. The van der Waals surface area contributed by atoms with E-state index in [-0.39, 0.29) is 0 Å². The van der Waals surface area contributed by atoms with Crippen molar-refractivity contribution in [2.75, 3.05) is 13.1 Å². The highest BCUT2D eigenvalue weighted by atomic mass is 79.9. The summed E-state index contributed by atoms with van der Waals surface area (Å²) in [5.74, 6) is 1.58. The maximum absolute atomic E-state index is 4.32. The van der Waals surface area contributed by atoms with Gasteiger partial charge in [0.05, 0.1) is 6.54 Å². The lowest BCUT2D eigenvalue weighted by molar-refractivity contribution is 0.201. The number of piperidine rings is 1. The average molecular weight is 360 g/mol. The number of fused-ring (bicyclic) bond motifs is 1. The molecular weight excluding hydrogens is 342 g/mol. The predicted molar refractivity (Wildman–Crippen MR) is 89.6 cm³/mol. The number of aromatic nitrogens is 4. The summed E-state index contributed by atoms with van der Waals surface area (Å²) in [5.41, 5.74) is 2.71. The summed E-state index contributed by atoms with van der Waals surface area (Å²) in [6.45, 7) is 3.05. The fourth-order valence-electron chi connectivity index (χ4n) is 3.39. The summed E-state index contributed by atoms with van der Waals surface area (Å²) in [6.07, 6.45) is 4.58. The summed E-state index contributed by atoms with van der Waals surface area (Å²) in [7, 11) is 0. The Balaban J connectivity index is 1.43. The Morgan fingerprint density at radius 2 is 2.05 bits per heavy atom. The van der Waals surface area contributed by atoms with Gasteiger partial charge in [-0.05, 0) is 59.4 Å². The van der Waals surface area contributed by atoms with Gasteiger partial charge in [-0.2, -0.15) is 0 Å². The van der Waals surface area contributed by atoms with Crippen molar-refractivity contribution in [3.05, 3.63) is 46.6 Å². The molecule has 1 saturated heterocycles. The Kier molecular flexibility index (Phi) is 3.72. The first-order valence-corrected chi connectivity index (χ1v) is 8.44. The van der Waals surface area contributed by atoms with Crippen molar-refractivity contribution in [2.45, 2.75) is 25.3 Å². The smallest absolute Gasteiger partial charge is 0.217 e. The maximum Gasteiger partial charge on any atom is 0.217 e. The van der Waals surface area contributed by atoms with Crippen LogP contribution in [0.1, 0.15) is 30.1 Å². The second kappa shape index (κ2) is 5.85. The molecule has 6 heteroatoms. The quantitative estimate of drug-likeness (QED) is 0.752. The van der Waals surface area contributed by atoms with Crippen LogP contribution >= 0.6 is 15.9 Å². The van der Waals surface area contributed by atoms with Gasteiger partial charge in [0, 0.05) is 17.1 Å². The largest absolute Gasteiger partial charge is 0.361 e. The SMILES string of the molecule is Brc1n[nH]c(CN2CCC(c3c[nH]c4ccccc34)CC2)n1. The van der Waals surface area contributed by atoms with E-state index in [0.717, 1.165) is 25.5 Å². The van der Waals surface area contributed by atoms with Gasteiger partial charge in [0.1, 0.15) is 5.82 Å². The minimum atomic E-state index is 0.635. The summed E-state index contributed by atoms with van der Waals surface area (Å²) in [4.78, 5) is 10.2. The number of halogens is 1. The predicted octanol–water partition coefficient (Wildman–Crippen LogP) is 3.43. The number of para-hydroxylation sites is 1. The number of H-pyrrole nitrogens is 2. The standard InChI is InChI=1S/C16H18BrN5/c17-16-19-15(20-21-16)10-22-7-5-11(6-8-22)13-9-18-14-4-2-1-3-12(13)14/h1-4,9,11,18H,5-8,10H2,(H,19,20,21). The first kappa shape index (κ1) is 14.0. The van der Waals surface area contributed by atoms with Gasteiger partial charge in [-0.15, -0.1) is 5.10 Å². The zero-order valence-electron chi connectivity index (χ0n) is 12.2. The minimum absolute atomic E-state index is 0.635. The van der Waals surface area contributed by atoms with Crippen LogP contribution in [0.25, 0.3) is 10.9 Å². The summed E-state index contributed by atoms with van der Waals surface area (Å²) in [5, 5.41) is 8.36. The maximum atomic E-state index is 4.32. The van der Waals surface area contributed by atoms with Crippen LogP contribution in [0, 0.1) is 0 Å². The van der Waals surface area contributed by atoms with E-state index >= 15 is 0 Å². The molecule has 22 heavy (non-hydrogen) atoms. The van der Waals surface area contributed by atoms with Gasteiger partial charge in [0.15, 0.2) is 0 Å². The highest BCUT2D eigenvalue weighted by Gasteiger charge is 2.23. The van der Waals surface area contributed by atoms with Crippen LogP contribution in [0.4, 0.5) is 0 Å². The normalized spacial score (nSPS) is 17.3. The average Bonchev–Trinajstić information content (AvgIpc) is 3.14.